The molecule has 2 amide bonds. The number of hydrogen-bond donors (Lipinski definition) is 1. The maximum Gasteiger partial charge on any atom is 0.251 e. The van der Waals surface area contributed by atoms with E-state index in [1.54, 1.807) is 29.4 Å². The number of carbonyl (C=O) groups is 2. The van der Waals surface area contributed by atoms with Gasteiger partial charge in [0.2, 0.25) is 5.91 Å². The van der Waals surface area contributed by atoms with Crippen LogP contribution < -0.4 is 5.32 Å². The molecule has 1 aromatic carbocycles. The number of aryl methyl sites for hydroxylation is 1. The molecule has 2 rings (SSSR count). The standard InChI is InChI=1S/C17H19BrN2O2S/c1-12-4-3-5-13(10-12)17(22)19-9-8-16(21)20(2)11-14-6-7-15(18)23-14/h3-7,10H,8-9,11H2,1-2H3,(H,19,22). The molecule has 0 atom stereocenters. The molecular formula is C17H19BrN2O2S. The van der Waals surface area contributed by atoms with E-state index in [9.17, 15) is 9.59 Å². The van der Waals surface area contributed by atoms with Crippen LogP contribution in [-0.4, -0.2) is 30.3 Å². The fourth-order valence-electron chi connectivity index (χ4n) is 2.12. The first kappa shape index (κ1) is 17.7. The molecule has 1 aromatic heterocycles. The molecule has 1 heterocycles. The van der Waals surface area contributed by atoms with E-state index in [2.05, 4.69) is 21.2 Å². The molecule has 0 aliphatic rings. The lowest BCUT2D eigenvalue weighted by atomic mass is 10.1. The molecule has 1 N–H and O–H groups in total. The highest BCUT2D eigenvalue weighted by atomic mass is 79.9. The Kier molecular flexibility index (Phi) is 6.36. The Morgan fingerprint density at radius 1 is 1.26 bits per heavy atom. The molecule has 0 unspecified atom stereocenters. The van der Waals surface area contributed by atoms with Crippen LogP contribution in [0.4, 0.5) is 0 Å². The fraction of sp³-hybridized carbons (Fsp3) is 0.294. The minimum absolute atomic E-state index is 0.0130. The second kappa shape index (κ2) is 8.26. The van der Waals surface area contributed by atoms with Gasteiger partial charge in [-0.2, -0.15) is 0 Å². The third kappa shape index (κ3) is 5.48. The first-order valence-electron chi connectivity index (χ1n) is 7.29. The largest absolute Gasteiger partial charge is 0.352 e. The molecular weight excluding hydrogens is 376 g/mol. The molecule has 0 saturated heterocycles. The van der Waals surface area contributed by atoms with Gasteiger partial charge in [-0.1, -0.05) is 17.7 Å². The van der Waals surface area contributed by atoms with Crippen molar-refractivity contribution in [2.24, 2.45) is 0 Å². The molecule has 4 nitrogen and oxygen atoms in total. The summed E-state index contributed by atoms with van der Waals surface area (Å²) in [7, 11) is 1.78. The van der Waals surface area contributed by atoms with Gasteiger partial charge in [-0.05, 0) is 47.1 Å². The first-order valence-corrected chi connectivity index (χ1v) is 8.89. The highest BCUT2D eigenvalue weighted by Crippen LogP contribution is 2.23. The minimum Gasteiger partial charge on any atom is -0.352 e. The van der Waals surface area contributed by atoms with E-state index in [1.165, 1.54) is 0 Å². The van der Waals surface area contributed by atoms with Gasteiger partial charge in [-0.15, -0.1) is 11.3 Å². The average molecular weight is 395 g/mol. The Morgan fingerprint density at radius 2 is 2.04 bits per heavy atom. The molecule has 0 saturated carbocycles. The predicted molar refractivity (Wildman–Crippen MR) is 96.6 cm³/mol. The lowest BCUT2D eigenvalue weighted by Crippen LogP contribution is -2.31. The van der Waals surface area contributed by atoms with Crippen LogP contribution in [0, 0.1) is 6.92 Å². The third-order valence-electron chi connectivity index (χ3n) is 3.35. The van der Waals surface area contributed by atoms with E-state index < -0.39 is 0 Å². The van der Waals surface area contributed by atoms with Crippen molar-refractivity contribution in [2.75, 3.05) is 13.6 Å². The molecule has 0 aliphatic carbocycles. The van der Waals surface area contributed by atoms with Crippen molar-refractivity contribution in [1.29, 1.82) is 0 Å². The van der Waals surface area contributed by atoms with Crippen LogP contribution in [0.1, 0.15) is 27.2 Å². The number of nitrogens with zero attached hydrogens (tertiary/aromatic N) is 1. The van der Waals surface area contributed by atoms with Crippen LogP contribution in [0.15, 0.2) is 40.2 Å². The smallest absolute Gasteiger partial charge is 0.251 e. The summed E-state index contributed by atoms with van der Waals surface area (Å²) in [6, 6.07) is 11.4. The van der Waals surface area contributed by atoms with E-state index in [4.69, 9.17) is 0 Å². The molecule has 0 fully saturated rings. The van der Waals surface area contributed by atoms with Gasteiger partial charge in [0.05, 0.1) is 10.3 Å². The number of thiophene rings is 1. The summed E-state index contributed by atoms with van der Waals surface area (Å²) in [6.45, 7) is 2.86. The van der Waals surface area contributed by atoms with Gasteiger partial charge >= 0.3 is 0 Å². The number of nitrogens with one attached hydrogen (secondary N) is 1. The number of rotatable bonds is 6. The topological polar surface area (TPSA) is 49.4 Å². The number of amides is 2. The summed E-state index contributed by atoms with van der Waals surface area (Å²) in [5.41, 5.74) is 1.66. The highest BCUT2D eigenvalue weighted by Gasteiger charge is 2.11. The number of hydrogen-bond acceptors (Lipinski definition) is 3. The van der Waals surface area contributed by atoms with Crippen LogP contribution in [0.25, 0.3) is 0 Å². The van der Waals surface area contributed by atoms with E-state index in [-0.39, 0.29) is 11.8 Å². The fourth-order valence-corrected chi connectivity index (χ4v) is 3.66. The normalized spacial score (nSPS) is 10.4. The summed E-state index contributed by atoms with van der Waals surface area (Å²) in [5.74, 6) is -0.134. The van der Waals surface area contributed by atoms with Crippen LogP contribution >= 0.6 is 27.3 Å². The molecule has 0 radical (unpaired) electrons. The lowest BCUT2D eigenvalue weighted by molar-refractivity contribution is -0.130. The van der Waals surface area contributed by atoms with Gasteiger partial charge in [0.1, 0.15) is 0 Å². The maximum absolute atomic E-state index is 12.1. The van der Waals surface area contributed by atoms with E-state index in [1.807, 2.05) is 37.3 Å². The molecule has 2 aromatic rings. The predicted octanol–water partition coefficient (Wildman–Crippen LogP) is 3.60. The van der Waals surface area contributed by atoms with Crippen molar-refractivity contribution in [2.45, 2.75) is 19.9 Å². The first-order chi connectivity index (χ1) is 11.0. The zero-order valence-corrected chi connectivity index (χ0v) is 15.5. The third-order valence-corrected chi connectivity index (χ3v) is 4.96. The molecule has 0 bridgehead atoms. The van der Waals surface area contributed by atoms with Gasteiger partial charge in [-0.3, -0.25) is 9.59 Å². The molecule has 6 heteroatoms. The van der Waals surface area contributed by atoms with E-state index in [0.717, 1.165) is 14.2 Å². The van der Waals surface area contributed by atoms with Crippen LogP contribution in [0.3, 0.4) is 0 Å². The Hall–Kier alpha value is -1.66. The Bertz CT molecular complexity index is 699. The zero-order chi connectivity index (χ0) is 16.8. The lowest BCUT2D eigenvalue weighted by Gasteiger charge is -2.16. The minimum atomic E-state index is -0.147. The quantitative estimate of drug-likeness (QED) is 0.813. The Morgan fingerprint density at radius 3 is 2.70 bits per heavy atom. The van der Waals surface area contributed by atoms with Crippen molar-refractivity contribution in [3.8, 4) is 0 Å². The summed E-state index contributed by atoms with van der Waals surface area (Å²) in [5, 5.41) is 2.79. The maximum atomic E-state index is 12.1. The van der Waals surface area contributed by atoms with Gasteiger partial charge in [0.25, 0.3) is 5.91 Å². The van der Waals surface area contributed by atoms with Gasteiger partial charge < -0.3 is 10.2 Å². The molecule has 0 spiro atoms. The highest BCUT2D eigenvalue weighted by molar-refractivity contribution is 9.11. The van der Waals surface area contributed by atoms with Crippen molar-refractivity contribution in [3.63, 3.8) is 0 Å². The van der Waals surface area contributed by atoms with Crippen molar-refractivity contribution in [1.82, 2.24) is 10.2 Å². The Labute approximate surface area is 148 Å². The van der Waals surface area contributed by atoms with Gasteiger partial charge in [-0.25, -0.2) is 0 Å². The molecule has 122 valence electrons. The summed E-state index contributed by atoms with van der Waals surface area (Å²) in [6.07, 6.45) is 0.292. The van der Waals surface area contributed by atoms with Crippen LogP contribution in [0.5, 0.6) is 0 Å². The van der Waals surface area contributed by atoms with Gasteiger partial charge in [0.15, 0.2) is 0 Å². The number of carbonyl (C=O) groups excluding carboxylic acids is 2. The average Bonchev–Trinajstić information content (AvgIpc) is 2.92. The van der Waals surface area contributed by atoms with Crippen molar-refractivity contribution in [3.05, 3.63) is 56.2 Å². The van der Waals surface area contributed by atoms with Crippen molar-refractivity contribution < 1.29 is 9.59 Å². The number of benzene rings is 1. The summed E-state index contributed by atoms with van der Waals surface area (Å²) in [4.78, 5) is 26.9. The van der Waals surface area contributed by atoms with Crippen LogP contribution in [-0.2, 0) is 11.3 Å². The summed E-state index contributed by atoms with van der Waals surface area (Å²) < 4.78 is 1.05. The van der Waals surface area contributed by atoms with Crippen LogP contribution in [0.2, 0.25) is 0 Å². The van der Waals surface area contributed by atoms with Crippen molar-refractivity contribution >= 4 is 39.1 Å². The Balaban J connectivity index is 1.76. The second-order valence-corrected chi connectivity index (χ2v) is 7.88. The molecule has 23 heavy (non-hydrogen) atoms. The zero-order valence-electron chi connectivity index (χ0n) is 13.1. The van der Waals surface area contributed by atoms with E-state index >= 15 is 0 Å². The summed E-state index contributed by atoms with van der Waals surface area (Å²) >= 11 is 5.03. The monoisotopic (exact) mass is 394 g/mol. The van der Waals surface area contributed by atoms with E-state index in [0.29, 0.717) is 25.1 Å². The molecule has 0 aliphatic heterocycles. The van der Waals surface area contributed by atoms with Gasteiger partial charge in [0, 0.05) is 30.5 Å². The number of halogens is 1. The second-order valence-electron chi connectivity index (χ2n) is 5.33. The SMILES string of the molecule is Cc1cccc(C(=O)NCCC(=O)N(C)Cc2ccc(Br)s2)c1.